The van der Waals surface area contributed by atoms with Crippen LogP contribution in [-0.4, -0.2) is 39.9 Å². The van der Waals surface area contributed by atoms with Crippen LogP contribution in [0.5, 0.6) is 0 Å². The van der Waals surface area contributed by atoms with Gasteiger partial charge in [0, 0.05) is 38.6 Å². The minimum Gasteiger partial charge on any atom is -0.389 e. The lowest BCUT2D eigenvalue weighted by Crippen LogP contribution is -2.35. The van der Waals surface area contributed by atoms with E-state index < -0.39 is 6.10 Å². The number of hydrogen-bond acceptors (Lipinski definition) is 3. The van der Waals surface area contributed by atoms with Crippen LogP contribution in [0, 0.1) is 0 Å². The lowest BCUT2D eigenvalue weighted by atomic mass is 10.2. The van der Waals surface area contributed by atoms with Gasteiger partial charge in [0.05, 0.1) is 18.8 Å². The zero-order valence-electron chi connectivity index (χ0n) is 14.4. The highest BCUT2D eigenvalue weighted by Crippen LogP contribution is 2.11. The minimum atomic E-state index is -0.485. The van der Waals surface area contributed by atoms with Gasteiger partial charge in [-0.15, -0.1) is 0 Å². The number of nitrogens with zero attached hydrogens (tertiary/aromatic N) is 2. The van der Waals surface area contributed by atoms with E-state index in [4.69, 9.17) is 4.74 Å². The highest BCUT2D eigenvalue weighted by molar-refractivity contribution is 5.15. The number of aliphatic hydroxyl groups excluding tert-OH is 1. The average Bonchev–Trinajstić information content (AvgIpc) is 2.91. The second kappa shape index (κ2) is 8.87. The Balaban J connectivity index is 2.00. The molecular formula is C19H28N2O2. The Labute approximate surface area is 139 Å². The maximum atomic E-state index is 10.3. The van der Waals surface area contributed by atoms with Crippen LogP contribution in [0.1, 0.15) is 25.1 Å². The van der Waals surface area contributed by atoms with Crippen molar-refractivity contribution in [2.24, 2.45) is 7.05 Å². The highest BCUT2D eigenvalue weighted by Gasteiger charge is 2.15. The van der Waals surface area contributed by atoms with Gasteiger partial charge < -0.3 is 14.4 Å². The largest absolute Gasteiger partial charge is 0.389 e. The molecule has 126 valence electrons. The van der Waals surface area contributed by atoms with E-state index in [0.717, 1.165) is 13.1 Å². The zero-order chi connectivity index (χ0) is 16.7. The Morgan fingerprint density at radius 1 is 1.09 bits per heavy atom. The van der Waals surface area contributed by atoms with E-state index in [1.54, 1.807) is 0 Å². The van der Waals surface area contributed by atoms with E-state index >= 15 is 0 Å². The Hall–Kier alpha value is -1.62. The van der Waals surface area contributed by atoms with E-state index in [0.29, 0.717) is 13.2 Å². The fourth-order valence-corrected chi connectivity index (χ4v) is 2.57. The molecule has 0 aliphatic rings. The second-order valence-electron chi connectivity index (χ2n) is 6.30. The topological polar surface area (TPSA) is 37.6 Å². The Kier molecular flexibility index (Phi) is 6.84. The van der Waals surface area contributed by atoms with Crippen LogP contribution >= 0.6 is 0 Å². The summed E-state index contributed by atoms with van der Waals surface area (Å²) in [4.78, 5) is 2.26. The van der Waals surface area contributed by atoms with Gasteiger partial charge in [-0.2, -0.15) is 0 Å². The summed E-state index contributed by atoms with van der Waals surface area (Å²) in [5.41, 5.74) is 2.48. The Morgan fingerprint density at radius 3 is 2.43 bits per heavy atom. The molecule has 0 fully saturated rings. The molecule has 0 saturated carbocycles. The van der Waals surface area contributed by atoms with Crippen molar-refractivity contribution in [3.8, 4) is 0 Å². The molecule has 0 spiro atoms. The van der Waals surface area contributed by atoms with E-state index in [1.165, 1.54) is 11.3 Å². The third kappa shape index (κ3) is 6.18. The van der Waals surface area contributed by atoms with Gasteiger partial charge in [0.1, 0.15) is 0 Å². The minimum absolute atomic E-state index is 0.139. The Morgan fingerprint density at radius 2 is 1.83 bits per heavy atom. The summed E-state index contributed by atoms with van der Waals surface area (Å²) in [7, 11) is 2.05. The summed E-state index contributed by atoms with van der Waals surface area (Å²) < 4.78 is 7.65. The van der Waals surface area contributed by atoms with E-state index in [2.05, 4.69) is 27.7 Å². The van der Waals surface area contributed by atoms with Gasteiger partial charge in [0.2, 0.25) is 0 Å². The van der Waals surface area contributed by atoms with Crippen LogP contribution in [0.3, 0.4) is 0 Å². The molecule has 1 N–H and O–H groups in total. The van der Waals surface area contributed by atoms with Gasteiger partial charge in [0.25, 0.3) is 0 Å². The molecule has 4 nitrogen and oxygen atoms in total. The quantitative estimate of drug-likeness (QED) is 0.773. The smallest absolute Gasteiger partial charge is 0.0900 e. The monoisotopic (exact) mass is 316 g/mol. The lowest BCUT2D eigenvalue weighted by Gasteiger charge is -2.26. The van der Waals surface area contributed by atoms with E-state index in [1.807, 2.05) is 51.4 Å². The van der Waals surface area contributed by atoms with E-state index in [9.17, 15) is 5.11 Å². The molecule has 1 heterocycles. The SMILES string of the molecule is CC(C)OCC(O)CN(Cc1ccccc1)Cc1cccn1C. The molecule has 0 aliphatic heterocycles. The summed E-state index contributed by atoms with van der Waals surface area (Å²) in [6.07, 6.45) is 1.70. The molecule has 2 aromatic rings. The van der Waals surface area contributed by atoms with Crippen LogP contribution in [0.4, 0.5) is 0 Å². The highest BCUT2D eigenvalue weighted by atomic mass is 16.5. The van der Waals surface area contributed by atoms with Gasteiger partial charge in [-0.3, -0.25) is 4.90 Å². The fourth-order valence-electron chi connectivity index (χ4n) is 2.57. The lowest BCUT2D eigenvalue weighted by molar-refractivity contribution is -0.0109. The predicted octanol–water partition coefficient (Wildman–Crippen LogP) is 2.81. The van der Waals surface area contributed by atoms with Gasteiger partial charge >= 0.3 is 0 Å². The van der Waals surface area contributed by atoms with Crippen molar-refractivity contribution in [3.05, 3.63) is 59.9 Å². The summed E-state index contributed by atoms with van der Waals surface area (Å²) in [5, 5.41) is 10.3. The fraction of sp³-hybridized carbons (Fsp3) is 0.474. The van der Waals surface area contributed by atoms with Crippen LogP contribution in [0.15, 0.2) is 48.7 Å². The normalized spacial score (nSPS) is 13.0. The third-order valence-electron chi connectivity index (χ3n) is 3.78. The molecule has 1 unspecified atom stereocenters. The van der Waals surface area contributed by atoms with Gasteiger partial charge in [-0.1, -0.05) is 30.3 Å². The van der Waals surface area contributed by atoms with Gasteiger partial charge in [-0.05, 0) is 31.5 Å². The number of aryl methyl sites for hydroxylation is 1. The first kappa shape index (κ1) is 17.7. The maximum Gasteiger partial charge on any atom is 0.0900 e. The first-order valence-corrected chi connectivity index (χ1v) is 8.20. The molecule has 0 aliphatic carbocycles. The molecule has 2 rings (SSSR count). The van der Waals surface area contributed by atoms with E-state index in [-0.39, 0.29) is 6.10 Å². The van der Waals surface area contributed by atoms with Gasteiger partial charge in [-0.25, -0.2) is 0 Å². The van der Waals surface area contributed by atoms with Crippen LogP contribution in [0.25, 0.3) is 0 Å². The molecule has 4 heteroatoms. The number of hydrogen-bond donors (Lipinski definition) is 1. The van der Waals surface area contributed by atoms with Gasteiger partial charge in [0.15, 0.2) is 0 Å². The van der Waals surface area contributed by atoms with Crippen molar-refractivity contribution in [1.29, 1.82) is 0 Å². The first-order valence-electron chi connectivity index (χ1n) is 8.20. The molecule has 1 aromatic heterocycles. The third-order valence-corrected chi connectivity index (χ3v) is 3.78. The van der Waals surface area contributed by atoms with Crippen molar-refractivity contribution in [1.82, 2.24) is 9.47 Å². The molecule has 0 saturated heterocycles. The predicted molar refractivity (Wildman–Crippen MR) is 93.1 cm³/mol. The molecule has 1 atom stereocenters. The first-order chi connectivity index (χ1) is 11.0. The standard InChI is InChI=1S/C19H28N2O2/c1-16(2)23-15-19(22)14-21(12-17-8-5-4-6-9-17)13-18-10-7-11-20(18)3/h4-11,16,19,22H,12-15H2,1-3H3. The maximum absolute atomic E-state index is 10.3. The van der Waals surface area contributed by atoms with Crippen LogP contribution < -0.4 is 0 Å². The number of aromatic nitrogens is 1. The molecule has 1 aromatic carbocycles. The molecular weight excluding hydrogens is 288 g/mol. The number of ether oxygens (including phenoxy) is 1. The van der Waals surface area contributed by atoms with Crippen molar-refractivity contribution in [3.63, 3.8) is 0 Å². The summed E-state index contributed by atoms with van der Waals surface area (Å²) in [6.45, 7) is 6.54. The molecule has 23 heavy (non-hydrogen) atoms. The number of benzene rings is 1. The summed E-state index contributed by atoms with van der Waals surface area (Å²) >= 11 is 0. The second-order valence-corrected chi connectivity index (χ2v) is 6.30. The van der Waals surface area contributed by atoms with Crippen molar-refractivity contribution < 1.29 is 9.84 Å². The molecule has 0 amide bonds. The summed E-state index contributed by atoms with van der Waals surface area (Å²) in [5.74, 6) is 0. The number of aliphatic hydroxyl groups is 1. The van der Waals surface area contributed by atoms with Crippen LogP contribution in [-0.2, 0) is 24.9 Å². The summed E-state index contributed by atoms with van der Waals surface area (Å²) in [6, 6.07) is 14.5. The van der Waals surface area contributed by atoms with Crippen molar-refractivity contribution >= 4 is 0 Å². The van der Waals surface area contributed by atoms with Crippen molar-refractivity contribution in [2.45, 2.75) is 39.1 Å². The molecule has 0 bridgehead atoms. The average molecular weight is 316 g/mol. The van der Waals surface area contributed by atoms with Crippen LogP contribution in [0.2, 0.25) is 0 Å². The number of rotatable bonds is 9. The Bertz CT molecular complexity index is 566. The van der Waals surface area contributed by atoms with Crippen molar-refractivity contribution in [2.75, 3.05) is 13.2 Å². The zero-order valence-corrected chi connectivity index (χ0v) is 14.4. The molecule has 0 radical (unpaired) electrons.